The largest absolute Gasteiger partial charge is 0.488 e. The van der Waals surface area contributed by atoms with Crippen LogP contribution in [-0.2, 0) is 0 Å². The van der Waals surface area contributed by atoms with E-state index in [0.717, 1.165) is 41.6 Å². The molecule has 0 aliphatic carbocycles. The third-order valence-electron chi connectivity index (χ3n) is 22.9. The molecular formula is C114H79B2Br2IO4. The monoisotopic (exact) mass is 1820 g/mol. The van der Waals surface area contributed by atoms with Crippen molar-refractivity contribution in [2.45, 2.75) is 0 Å². The van der Waals surface area contributed by atoms with Gasteiger partial charge in [-0.05, 0) is 317 Å². The summed E-state index contributed by atoms with van der Waals surface area (Å²) in [5.41, 5.74) is 20.7. The molecule has 4 nitrogen and oxygen atoms in total. The Morgan fingerprint density at radius 2 is 0.374 bits per heavy atom. The number of rotatable bonds is 10. The number of hydrogen-bond donors (Lipinski definition) is 4. The predicted octanol–water partition coefficient (Wildman–Crippen LogP) is 29.6. The van der Waals surface area contributed by atoms with Crippen LogP contribution in [0.5, 0.6) is 0 Å². The van der Waals surface area contributed by atoms with Crippen molar-refractivity contribution in [3.8, 4) is 89.0 Å². The Bertz CT molecular complexity index is 7560. The van der Waals surface area contributed by atoms with Crippen molar-refractivity contribution in [1.29, 1.82) is 0 Å². The van der Waals surface area contributed by atoms with Crippen molar-refractivity contribution in [2.24, 2.45) is 0 Å². The van der Waals surface area contributed by atoms with Crippen molar-refractivity contribution < 1.29 is 20.1 Å². The Morgan fingerprint density at radius 3 is 0.667 bits per heavy atom. The van der Waals surface area contributed by atoms with Crippen LogP contribution in [0, 0.1) is 3.57 Å². The minimum atomic E-state index is -1.45. The molecule has 0 fully saturated rings. The lowest BCUT2D eigenvalue weighted by Gasteiger charge is -2.12. The molecule has 0 heterocycles. The average molecular weight is 1820 g/mol. The Balaban J connectivity index is 0.000000115. The van der Waals surface area contributed by atoms with E-state index in [4.69, 9.17) is 0 Å². The van der Waals surface area contributed by atoms with Crippen LogP contribution < -0.4 is 10.9 Å². The molecule has 0 saturated heterocycles. The normalized spacial score (nSPS) is 11.0. The molecule has 22 aromatic rings. The molecule has 0 atom stereocenters. The first kappa shape index (κ1) is 80.9. The second-order valence-corrected chi connectivity index (χ2v) is 33.8. The second-order valence-electron chi connectivity index (χ2n) is 30.7. The molecule has 0 radical (unpaired) electrons. The molecule has 0 amide bonds. The van der Waals surface area contributed by atoms with Gasteiger partial charge in [-0.3, -0.25) is 0 Å². The van der Waals surface area contributed by atoms with Gasteiger partial charge in [0.1, 0.15) is 0 Å². The third-order valence-corrected chi connectivity index (χ3v) is 24.6. The van der Waals surface area contributed by atoms with Gasteiger partial charge in [-0.2, -0.15) is 0 Å². The summed E-state index contributed by atoms with van der Waals surface area (Å²) >= 11 is 9.11. The SMILES string of the molecule is Brc1ccc(-c2ccc3cc(-c4ccccc4)ccc3c2)cc1.Brc1ccc(I)cc1.OB(O)c1ccc2cc(-c3cc4ccccc4c4ccccc34)ccc2c1.OB(O)c1ccc2cc(-c3ccccc3)ccc2c1.c1ccc(-c2ccc3cc(-c4ccc(-c5ccc6cc(-c7cc8ccccc8c8ccccc78)ccc6c5)cc4)ccc3c2)cc1. The van der Waals surface area contributed by atoms with Gasteiger partial charge in [0.05, 0.1) is 0 Å². The zero-order chi connectivity index (χ0) is 83.7. The Labute approximate surface area is 746 Å². The molecule has 586 valence electrons. The lowest BCUT2D eigenvalue weighted by atomic mass is 9.79. The minimum Gasteiger partial charge on any atom is -0.423 e. The second kappa shape index (κ2) is 37.0. The van der Waals surface area contributed by atoms with Crippen LogP contribution >= 0.6 is 54.5 Å². The van der Waals surface area contributed by atoms with Gasteiger partial charge in [-0.25, -0.2) is 0 Å². The molecule has 0 spiro atoms. The molecule has 0 saturated carbocycles. The smallest absolute Gasteiger partial charge is 0.423 e. The van der Waals surface area contributed by atoms with E-state index in [1.807, 2.05) is 66.7 Å². The van der Waals surface area contributed by atoms with Gasteiger partial charge in [0.2, 0.25) is 0 Å². The van der Waals surface area contributed by atoms with E-state index in [0.29, 0.717) is 10.9 Å². The number of hydrogen-bond acceptors (Lipinski definition) is 4. The van der Waals surface area contributed by atoms with Gasteiger partial charge in [-0.1, -0.05) is 390 Å². The maximum absolute atomic E-state index is 9.39. The molecular weight excluding hydrogens is 1740 g/mol. The van der Waals surface area contributed by atoms with Gasteiger partial charge in [-0.15, -0.1) is 0 Å². The van der Waals surface area contributed by atoms with Gasteiger partial charge < -0.3 is 20.1 Å². The van der Waals surface area contributed by atoms with Crippen molar-refractivity contribution in [2.75, 3.05) is 0 Å². The summed E-state index contributed by atoms with van der Waals surface area (Å²) in [7, 11) is -2.86. The summed E-state index contributed by atoms with van der Waals surface area (Å²) in [6, 6.07) is 160. The third kappa shape index (κ3) is 18.5. The summed E-state index contributed by atoms with van der Waals surface area (Å²) < 4.78 is 3.51. The lowest BCUT2D eigenvalue weighted by Crippen LogP contribution is -2.29. The van der Waals surface area contributed by atoms with Crippen LogP contribution in [0.25, 0.3) is 186 Å². The van der Waals surface area contributed by atoms with Crippen molar-refractivity contribution in [3.63, 3.8) is 0 Å². The Hall–Kier alpha value is -13.2. The molecule has 0 aromatic heterocycles. The predicted molar refractivity (Wildman–Crippen MR) is 541 cm³/mol. The minimum absolute atomic E-state index is 0.506. The van der Waals surface area contributed by atoms with Gasteiger partial charge in [0, 0.05) is 12.5 Å². The first-order valence-corrected chi connectivity index (χ1v) is 43.6. The first-order valence-electron chi connectivity index (χ1n) is 41.0. The fourth-order valence-corrected chi connectivity index (χ4v) is 17.3. The topological polar surface area (TPSA) is 80.9 Å². The zero-order valence-corrected chi connectivity index (χ0v) is 72.2. The van der Waals surface area contributed by atoms with E-state index in [2.05, 4.69) is 424 Å². The van der Waals surface area contributed by atoms with Crippen molar-refractivity contribution in [1.82, 2.24) is 0 Å². The first-order chi connectivity index (χ1) is 60.3. The maximum Gasteiger partial charge on any atom is 0.488 e. The van der Waals surface area contributed by atoms with E-state index < -0.39 is 14.2 Å². The van der Waals surface area contributed by atoms with Crippen LogP contribution in [0.4, 0.5) is 0 Å². The highest BCUT2D eigenvalue weighted by atomic mass is 127. The number of benzene rings is 22. The van der Waals surface area contributed by atoms with Crippen LogP contribution in [0.1, 0.15) is 0 Å². The maximum atomic E-state index is 9.39. The lowest BCUT2D eigenvalue weighted by molar-refractivity contribution is 0.424. The van der Waals surface area contributed by atoms with Crippen LogP contribution in [-0.4, -0.2) is 34.3 Å². The van der Waals surface area contributed by atoms with Gasteiger partial charge >= 0.3 is 14.2 Å². The van der Waals surface area contributed by atoms with E-state index >= 15 is 0 Å². The number of fused-ring (bicyclic) bond motifs is 11. The molecule has 123 heavy (non-hydrogen) atoms. The molecule has 0 aliphatic rings. The highest BCUT2D eigenvalue weighted by Gasteiger charge is 2.17. The molecule has 22 rings (SSSR count). The van der Waals surface area contributed by atoms with Crippen molar-refractivity contribution in [3.05, 3.63) is 467 Å². The molecule has 4 N–H and O–H groups in total. The Morgan fingerprint density at radius 1 is 0.163 bits per heavy atom. The standard InChI is InChI=1S/C46H30.C24H17BO2.C22H15Br.C16H13BO2.C6H4BrI/c1-2-8-31(9-3-1)34-18-21-38-27-35(19-22-37(38)26-34)32-14-16-33(17-15-32)36-20-23-40-29-42(25-24-39(40)28-36)46-30-41-10-4-5-11-43(41)44-12-6-7-13-45(44)46;26-25(27)20-12-11-16-13-19(10-9-17(16)14-20)24-15-18-5-1-2-6-21(18)22-7-3-4-8-23(22)24;23-22-12-10-17(11-13-22)19-7-9-20-14-18(6-8-21(20)15-19)16-4-2-1-3-5-16;18-17(19)16-9-8-14-10-13(6-7-15(14)11-16)12-4-2-1-3-5-12;7-5-1-3-6(8)4-2-5/h1-30H;1-15,26-27H;1-15H;1-11,18-19H;1-4H. The molecule has 0 aliphatic heterocycles. The summed E-state index contributed by atoms with van der Waals surface area (Å²) in [5, 5.41) is 59.0. The fraction of sp³-hybridized carbons (Fsp3) is 0. The van der Waals surface area contributed by atoms with Crippen LogP contribution in [0.3, 0.4) is 0 Å². The average Bonchev–Trinajstić information content (AvgIpc) is 0.763. The van der Waals surface area contributed by atoms with Crippen LogP contribution in [0.2, 0.25) is 0 Å². The van der Waals surface area contributed by atoms with Gasteiger partial charge in [0.15, 0.2) is 0 Å². The van der Waals surface area contributed by atoms with Crippen LogP contribution in [0.15, 0.2) is 464 Å². The van der Waals surface area contributed by atoms with E-state index in [9.17, 15) is 20.1 Å². The highest BCUT2D eigenvalue weighted by molar-refractivity contribution is 14.1. The zero-order valence-electron chi connectivity index (χ0n) is 66.9. The summed E-state index contributed by atoms with van der Waals surface area (Å²) in [5.74, 6) is 0. The Kier molecular flexibility index (Phi) is 24.4. The summed E-state index contributed by atoms with van der Waals surface area (Å²) in [4.78, 5) is 0. The fourth-order valence-electron chi connectivity index (χ4n) is 16.4. The summed E-state index contributed by atoms with van der Waals surface area (Å²) in [6.45, 7) is 0. The van der Waals surface area contributed by atoms with E-state index in [1.54, 1.807) is 18.2 Å². The molecule has 22 aromatic carbocycles. The number of halogens is 3. The van der Waals surface area contributed by atoms with Gasteiger partial charge in [0.25, 0.3) is 0 Å². The molecule has 9 heteroatoms. The quantitative estimate of drug-likeness (QED) is 0.0625. The van der Waals surface area contributed by atoms with Crippen molar-refractivity contribution >= 4 is 177 Å². The summed E-state index contributed by atoms with van der Waals surface area (Å²) in [6.07, 6.45) is 0. The highest BCUT2D eigenvalue weighted by Crippen LogP contribution is 2.41. The van der Waals surface area contributed by atoms with E-state index in [-0.39, 0.29) is 0 Å². The molecule has 0 bridgehead atoms. The van der Waals surface area contributed by atoms with E-state index in [1.165, 1.54) is 157 Å². The molecule has 0 unspecified atom stereocenters.